The number of esters is 1. The number of hydrogen-bond donors (Lipinski definition) is 4. The van der Waals surface area contributed by atoms with Crippen molar-refractivity contribution in [3.8, 4) is 5.75 Å². The number of nitrogens with one attached hydrogen (secondary N) is 2. The van der Waals surface area contributed by atoms with Crippen LogP contribution >= 0.6 is 0 Å². The smallest absolute Gasteiger partial charge is 0.328 e. The van der Waals surface area contributed by atoms with Gasteiger partial charge in [0.2, 0.25) is 11.8 Å². The van der Waals surface area contributed by atoms with E-state index < -0.39 is 36.2 Å². The lowest BCUT2D eigenvalue weighted by molar-refractivity contribution is -0.156. The highest BCUT2D eigenvalue weighted by Crippen LogP contribution is 2.26. The Balaban J connectivity index is 1.78. The number of aliphatic hydroxyl groups excluding tert-OH is 1. The number of ether oxygens (including phenoxy) is 2. The zero-order valence-electron chi connectivity index (χ0n) is 27.0. The average Bonchev–Trinajstić information content (AvgIpc) is 3.01. The molecule has 0 aromatic heterocycles. The van der Waals surface area contributed by atoms with E-state index in [0.29, 0.717) is 24.9 Å². The summed E-state index contributed by atoms with van der Waals surface area (Å²) >= 11 is 0. The van der Waals surface area contributed by atoms with Gasteiger partial charge in [-0.05, 0) is 62.8 Å². The monoisotopic (exact) mass is 622 g/mol. The number of allylic oxidation sites excluding steroid dienone is 5. The number of methoxy groups -OCH3 is 1. The zero-order chi connectivity index (χ0) is 32.8. The van der Waals surface area contributed by atoms with E-state index in [0.717, 1.165) is 43.2 Å². The number of carbonyl (C=O) groups is 3. The molecule has 1 heterocycles. The first-order valence-electron chi connectivity index (χ1n) is 16.1. The number of fused-ring (bicyclic) bond motifs is 2. The lowest BCUT2D eigenvalue weighted by atomic mass is 9.88. The first-order valence-corrected chi connectivity index (χ1v) is 16.1. The van der Waals surface area contributed by atoms with Gasteiger partial charge in [0.05, 0.1) is 18.6 Å². The Labute approximate surface area is 267 Å². The van der Waals surface area contributed by atoms with Gasteiger partial charge in [0, 0.05) is 37.1 Å². The lowest BCUT2D eigenvalue weighted by Gasteiger charge is -2.29. The first kappa shape index (κ1) is 35.8. The van der Waals surface area contributed by atoms with E-state index in [4.69, 9.17) is 9.47 Å². The Hall–Kier alpha value is -3.69. The molecule has 9 nitrogen and oxygen atoms in total. The molecule has 2 amide bonds. The summed E-state index contributed by atoms with van der Waals surface area (Å²) in [6, 6.07) is 4.16. The number of aryl methyl sites for hydroxylation is 1. The minimum absolute atomic E-state index is 0.0465. The standard InChI is InChI=1S/C36H50N2O7/c1-24-14-13-15-27-20-29(22-30(39)21-27)38-33(40)23-31(44-4)18-11-6-5-7-12-19-32(25(2)34(24)41)45-36(43)26(3)37-35(42)28-16-9-8-10-17-28/h5-7,11-12,14,18,20-22,25-26,28,31-32,34,39,41H,8-10,13,15-17,19,23H2,1-4H3,(H,37,42)(H,38,40)/t25-,26+,31+,32+,34-/m1/s1. The van der Waals surface area contributed by atoms with Crippen LogP contribution in [0.4, 0.5) is 5.69 Å². The van der Waals surface area contributed by atoms with Crippen molar-refractivity contribution in [2.45, 2.75) is 103 Å². The number of phenolic OH excluding ortho intramolecular Hbond substituents is 1. The second-order valence-electron chi connectivity index (χ2n) is 12.2. The number of amides is 2. The molecular formula is C36H50N2O7. The highest BCUT2D eigenvalue weighted by molar-refractivity contribution is 5.91. The fraction of sp³-hybridized carbons (Fsp3) is 0.528. The van der Waals surface area contributed by atoms with E-state index >= 15 is 0 Å². The van der Waals surface area contributed by atoms with Crippen LogP contribution in [0.25, 0.3) is 0 Å². The van der Waals surface area contributed by atoms with Crippen molar-refractivity contribution in [3.63, 3.8) is 0 Å². The molecule has 246 valence electrons. The number of phenols is 1. The highest BCUT2D eigenvalue weighted by atomic mass is 16.5. The van der Waals surface area contributed by atoms with Gasteiger partial charge in [-0.1, -0.05) is 68.7 Å². The van der Waals surface area contributed by atoms with Crippen molar-refractivity contribution in [2.24, 2.45) is 11.8 Å². The van der Waals surface area contributed by atoms with Crippen LogP contribution in [0.15, 0.2) is 66.3 Å². The Morgan fingerprint density at radius 3 is 2.53 bits per heavy atom. The molecule has 0 spiro atoms. The number of benzene rings is 1. The van der Waals surface area contributed by atoms with Gasteiger partial charge in [-0.25, -0.2) is 4.79 Å². The van der Waals surface area contributed by atoms with Gasteiger partial charge in [-0.3, -0.25) is 9.59 Å². The van der Waals surface area contributed by atoms with Crippen LogP contribution in [0.1, 0.15) is 77.7 Å². The van der Waals surface area contributed by atoms with E-state index in [-0.39, 0.29) is 29.9 Å². The molecule has 0 unspecified atom stereocenters. The normalized spacial score (nSPS) is 24.9. The molecule has 3 rings (SSSR count). The third kappa shape index (κ3) is 12.0. The SMILES string of the molecule is CO[C@H]1C=CC=CC=CC[C@H](OC(=O)[C@H](C)NC(=O)C2CCCCC2)[C@@H](C)[C@H](O)C(C)=CCCc2cc(O)cc(c2)NC(=O)C1. The molecular weight excluding hydrogens is 572 g/mol. The van der Waals surface area contributed by atoms with E-state index in [1.807, 2.05) is 44.2 Å². The van der Waals surface area contributed by atoms with Crippen molar-refractivity contribution in [2.75, 3.05) is 12.4 Å². The predicted molar refractivity (Wildman–Crippen MR) is 175 cm³/mol. The Morgan fingerprint density at radius 1 is 1.07 bits per heavy atom. The van der Waals surface area contributed by atoms with E-state index in [1.54, 1.807) is 31.2 Å². The predicted octanol–water partition coefficient (Wildman–Crippen LogP) is 5.68. The summed E-state index contributed by atoms with van der Waals surface area (Å²) in [4.78, 5) is 38.5. The molecule has 1 aromatic carbocycles. The molecule has 9 heteroatoms. The molecule has 1 aliphatic carbocycles. The van der Waals surface area contributed by atoms with Gasteiger partial charge in [0.25, 0.3) is 0 Å². The van der Waals surface area contributed by atoms with Crippen molar-refractivity contribution in [1.82, 2.24) is 5.32 Å². The maximum Gasteiger partial charge on any atom is 0.328 e. The fourth-order valence-electron chi connectivity index (χ4n) is 5.70. The van der Waals surface area contributed by atoms with Crippen LogP contribution in [0, 0.1) is 11.8 Å². The third-order valence-corrected chi connectivity index (χ3v) is 8.52. The number of aliphatic hydroxyl groups is 1. The summed E-state index contributed by atoms with van der Waals surface area (Å²) in [5.74, 6) is -1.33. The molecule has 0 radical (unpaired) electrons. The fourth-order valence-corrected chi connectivity index (χ4v) is 5.70. The van der Waals surface area contributed by atoms with Crippen LogP contribution < -0.4 is 10.6 Å². The second-order valence-corrected chi connectivity index (χ2v) is 12.2. The number of hydrogen-bond acceptors (Lipinski definition) is 7. The third-order valence-electron chi connectivity index (χ3n) is 8.52. The maximum atomic E-state index is 13.1. The highest BCUT2D eigenvalue weighted by Gasteiger charge is 2.31. The van der Waals surface area contributed by atoms with Crippen LogP contribution in [0.5, 0.6) is 5.75 Å². The van der Waals surface area contributed by atoms with Gasteiger partial charge in [-0.15, -0.1) is 0 Å². The van der Waals surface area contributed by atoms with Gasteiger partial charge in [0.15, 0.2) is 0 Å². The van der Waals surface area contributed by atoms with Crippen LogP contribution in [0.2, 0.25) is 0 Å². The Kier molecular flexibility index (Phi) is 14.6. The average molecular weight is 623 g/mol. The molecule has 1 aliphatic heterocycles. The first-order chi connectivity index (χ1) is 21.6. The zero-order valence-corrected chi connectivity index (χ0v) is 27.0. The van der Waals surface area contributed by atoms with E-state index in [1.165, 1.54) is 13.2 Å². The molecule has 1 saturated carbocycles. The van der Waals surface area contributed by atoms with Crippen molar-refractivity contribution >= 4 is 23.5 Å². The van der Waals surface area contributed by atoms with E-state index in [2.05, 4.69) is 10.6 Å². The molecule has 2 bridgehead atoms. The van der Waals surface area contributed by atoms with Gasteiger partial charge in [-0.2, -0.15) is 0 Å². The maximum absolute atomic E-state index is 13.1. The minimum Gasteiger partial charge on any atom is -0.508 e. The summed E-state index contributed by atoms with van der Waals surface area (Å²) in [6.45, 7) is 5.33. The minimum atomic E-state index is -0.874. The summed E-state index contributed by atoms with van der Waals surface area (Å²) in [7, 11) is 1.54. The summed E-state index contributed by atoms with van der Waals surface area (Å²) in [5.41, 5.74) is 2.06. The van der Waals surface area contributed by atoms with Gasteiger partial charge < -0.3 is 30.3 Å². The molecule has 0 saturated heterocycles. The van der Waals surface area contributed by atoms with Crippen LogP contribution in [-0.4, -0.2) is 59.5 Å². The lowest BCUT2D eigenvalue weighted by Crippen LogP contribution is -2.45. The van der Waals surface area contributed by atoms with E-state index in [9.17, 15) is 24.6 Å². The van der Waals surface area contributed by atoms with Crippen molar-refractivity contribution < 1.29 is 34.1 Å². The topological polar surface area (TPSA) is 134 Å². The molecule has 4 N–H and O–H groups in total. The summed E-state index contributed by atoms with van der Waals surface area (Å²) in [5, 5.41) is 27.2. The van der Waals surface area contributed by atoms with Gasteiger partial charge >= 0.3 is 5.97 Å². The largest absolute Gasteiger partial charge is 0.508 e. The summed E-state index contributed by atoms with van der Waals surface area (Å²) < 4.78 is 11.4. The number of anilines is 1. The van der Waals surface area contributed by atoms with Crippen LogP contribution in [-0.2, 0) is 30.3 Å². The molecule has 1 fully saturated rings. The quantitative estimate of drug-likeness (QED) is 0.245. The molecule has 2 aliphatic rings. The van der Waals surface area contributed by atoms with Crippen LogP contribution in [0.3, 0.4) is 0 Å². The van der Waals surface area contributed by atoms with Crippen molar-refractivity contribution in [3.05, 3.63) is 71.9 Å². The van der Waals surface area contributed by atoms with Crippen molar-refractivity contribution in [1.29, 1.82) is 0 Å². The Morgan fingerprint density at radius 2 is 1.80 bits per heavy atom. The van der Waals surface area contributed by atoms with Gasteiger partial charge in [0.1, 0.15) is 17.9 Å². The molecule has 45 heavy (non-hydrogen) atoms. The second kappa shape index (κ2) is 18.3. The number of aromatic hydroxyl groups is 1. The number of rotatable bonds is 5. The number of carbonyl (C=O) groups excluding carboxylic acids is 3. The molecule has 5 atom stereocenters. The molecule has 1 aromatic rings. The summed E-state index contributed by atoms with van der Waals surface area (Å²) in [6.07, 6.45) is 17.4. The Bertz CT molecular complexity index is 1260.